The van der Waals surface area contributed by atoms with E-state index in [1.165, 1.54) is 16.6 Å². The molecule has 32 heavy (non-hydrogen) atoms. The molecule has 182 valence electrons. The lowest BCUT2D eigenvalue weighted by molar-refractivity contribution is -0.00129. The molecule has 0 spiro atoms. The number of nitrogens with one attached hydrogen (secondary N) is 1. The van der Waals surface area contributed by atoms with Crippen LogP contribution in [0.5, 0.6) is 0 Å². The number of aromatic amines is 1. The second-order valence-electron chi connectivity index (χ2n) is 9.40. The van der Waals surface area contributed by atoms with Crippen LogP contribution in [0.2, 0.25) is 18.1 Å². The van der Waals surface area contributed by atoms with Crippen LogP contribution in [0.3, 0.4) is 0 Å². The number of H-pyrrole nitrogens is 1. The summed E-state index contributed by atoms with van der Waals surface area (Å²) in [5.74, 6) is 1.31. The van der Waals surface area contributed by atoms with E-state index in [0.717, 1.165) is 0 Å². The molecule has 1 aliphatic heterocycles. The van der Waals surface area contributed by atoms with E-state index >= 15 is 0 Å². The average Bonchev–Trinajstić information content (AvgIpc) is 3.04. The molecule has 2 rings (SSSR count). The maximum absolute atomic E-state index is 12.8. The fourth-order valence-corrected chi connectivity index (χ4v) is 5.86. The van der Waals surface area contributed by atoms with Gasteiger partial charge >= 0.3 is 13.3 Å². The summed E-state index contributed by atoms with van der Waals surface area (Å²) in [6.07, 6.45) is 3.27. The van der Waals surface area contributed by atoms with Crippen molar-refractivity contribution in [3.8, 4) is 0 Å². The van der Waals surface area contributed by atoms with Crippen molar-refractivity contribution in [2.75, 3.05) is 13.2 Å². The average molecular weight is 489 g/mol. The Hall–Kier alpha value is -1.29. The first-order valence-corrected chi connectivity index (χ1v) is 15.6. The highest BCUT2D eigenvalue weighted by molar-refractivity contribution is 7.57. The molecule has 3 atom stereocenters. The van der Waals surface area contributed by atoms with Gasteiger partial charge in [-0.15, -0.1) is 0 Å². The highest BCUT2D eigenvalue weighted by Gasteiger charge is 2.45. The van der Waals surface area contributed by atoms with Crippen molar-refractivity contribution in [2.24, 2.45) is 5.92 Å². The van der Waals surface area contributed by atoms with E-state index < -0.39 is 39.5 Å². The summed E-state index contributed by atoms with van der Waals surface area (Å²) in [6.45, 7) is 13.4. The molecular formula is C21H37N2O7PSi. The fourth-order valence-electron chi connectivity index (χ4n) is 3.73. The predicted molar refractivity (Wildman–Crippen MR) is 126 cm³/mol. The Bertz CT molecular complexity index is 970. The SMILES string of the molecule is CCOP(=O)(/C=C/[C@@H]1C[C@H](CC(C)(C)[Si](C)(C)O)[C@H](n2cc(C)c(=O)[nH]c2=O)O1)OCC. The predicted octanol–water partition coefficient (Wildman–Crippen LogP) is 3.90. The molecule has 0 amide bonds. The molecule has 1 fully saturated rings. The maximum atomic E-state index is 12.8. The van der Waals surface area contributed by atoms with Crippen molar-refractivity contribution in [3.05, 3.63) is 44.5 Å². The first-order valence-electron chi connectivity index (χ1n) is 11.0. The minimum atomic E-state index is -3.38. The van der Waals surface area contributed by atoms with Gasteiger partial charge in [-0.2, -0.15) is 0 Å². The van der Waals surface area contributed by atoms with Gasteiger partial charge in [0.2, 0.25) is 0 Å². The number of nitrogens with zero attached hydrogens (tertiary/aromatic N) is 1. The zero-order chi connectivity index (χ0) is 24.3. The molecule has 2 N–H and O–H groups in total. The zero-order valence-electron chi connectivity index (χ0n) is 20.1. The molecule has 0 bridgehead atoms. The number of hydrogen-bond acceptors (Lipinski definition) is 7. The molecule has 11 heteroatoms. The topological polar surface area (TPSA) is 120 Å². The van der Waals surface area contributed by atoms with Crippen LogP contribution in [-0.2, 0) is 18.3 Å². The third kappa shape index (κ3) is 6.39. The van der Waals surface area contributed by atoms with Gasteiger partial charge in [-0.3, -0.25) is 18.9 Å². The van der Waals surface area contributed by atoms with Gasteiger partial charge in [0.1, 0.15) is 6.23 Å². The molecule has 2 heterocycles. The molecule has 0 unspecified atom stereocenters. The molecule has 0 aliphatic carbocycles. The van der Waals surface area contributed by atoms with Crippen LogP contribution in [0.4, 0.5) is 0 Å². The van der Waals surface area contributed by atoms with E-state index in [1.807, 2.05) is 26.9 Å². The Morgan fingerprint density at radius 3 is 2.44 bits per heavy atom. The fraction of sp³-hybridized carbons (Fsp3) is 0.714. The van der Waals surface area contributed by atoms with E-state index in [1.54, 1.807) is 26.8 Å². The smallest absolute Gasteiger partial charge is 0.353 e. The molecule has 1 saturated heterocycles. The molecule has 1 aromatic heterocycles. The monoisotopic (exact) mass is 488 g/mol. The molecule has 1 aliphatic rings. The summed E-state index contributed by atoms with van der Waals surface area (Å²) >= 11 is 0. The van der Waals surface area contributed by atoms with Crippen molar-refractivity contribution >= 4 is 15.9 Å². The van der Waals surface area contributed by atoms with Gasteiger partial charge in [-0.25, -0.2) is 4.79 Å². The van der Waals surface area contributed by atoms with Crippen molar-refractivity contribution in [3.63, 3.8) is 0 Å². The van der Waals surface area contributed by atoms with Gasteiger partial charge in [-0.05, 0) is 57.8 Å². The van der Waals surface area contributed by atoms with E-state index in [4.69, 9.17) is 13.8 Å². The number of ether oxygens (including phenoxy) is 1. The Balaban J connectivity index is 2.40. The van der Waals surface area contributed by atoms with E-state index in [9.17, 15) is 18.9 Å². The second-order valence-corrected chi connectivity index (χ2v) is 15.8. The summed E-state index contributed by atoms with van der Waals surface area (Å²) in [5, 5.41) is -0.343. The maximum Gasteiger partial charge on any atom is 0.353 e. The first kappa shape index (κ1) is 27.0. The van der Waals surface area contributed by atoms with Gasteiger partial charge in [0.05, 0.1) is 19.3 Å². The highest BCUT2D eigenvalue weighted by atomic mass is 31.2. The summed E-state index contributed by atoms with van der Waals surface area (Å²) in [4.78, 5) is 37.5. The quantitative estimate of drug-likeness (QED) is 0.379. The lowest BCUT2D eigenvalue weighted by Crippen LogP contribution is -2.41. The van der Waals surface area contributed by atoms with Crippen molar-refractivity contribution < 1.29 is 23.1 Å². The van der Waals surface area contributed by atoms with E-state index in [0.29, 0.717) is 18.4 Å². The molecule has 0 radical (unpaired) electrons. The normalized spacial score (nSPS) is 22.7. The largest absolute Gasteiger partial charge is 0.432 e. The molecule has 1 aromatic rings. The summed E-state index contributed by atoms with van der Waals surface area (Å²) in [5.41, 5.74) is -0.581. The van der Waals surface area contributed by atoms with Crippen LogP contribution >= 0.6 is 7.60 Å². The van der Waals surface area contributed by atoms with Gasteiger partial charge in [-0.1, -0.05) is 13.8 Å². The van der Waals surface area contributed by atoms with Crippen LogP contribution in [0.1, 0.15) is 52.3 Å². The minimum Gasteiger partial charge on any atom is -0.432 e. The van der Waals surface area contributed by atoms with Crippen LogP contribution in [0.25, 0.3) is 0 Å². The molecule has 0 saturated carbocycles. The summed E-state index contributed by atoms with van der Waals surface area (Å²) in [7, 11) is -5.90. The summed E-state index contributed by atoms with van der Waals surface area (Å²) < 4.78 is 31.0. The number of rotatable bonds is 10. The molecular weight excluding hydrogens is 451 g/mol. The lowest BCUT2D eigenvalue weighted by Gasteiger charge is -2.38. The van der Waals surface area contributed by atoms with Gasteiger partial charge in [0.25, 0.3) is 5.56 Å². The van der Waals surface area contributed by atoms with Crippen LogP contribution in [0, 0.1) is 12.8 Å². The van der Waals surface area contributed by atoms with E-state index in [2.05, 4.69) is 4.98 Å². The summed E-state index contributed by atoms with van der Waals surface area (Å²) in [6, 6.07) is 0. The zero-order valence-corrected chi connectivity index (χ0v) is 22.0. The highest BCUT2D eigenvalue weighted by Crippen LogP contribution is 2.51. The Kier molecular flexibility index (Phi) is 8.69. The van der Waals surface area contributed by atoms with Gasteiger partial charge in [0.15, 0.2) is 8.32 Å². The first-order chi connectivity index (χ1) is 14.7. The third-order valence-electron chi connectivity index (χ3n) is 6.20. The number of aromatic nitrogens is 2. The second kappa shape index (κ2) is 10.3. The molecule has 9 nitrogen and oxygen atoms in total. The van der Waals surface area contributed by atoms with Crippen molar-refractivity contribution in [1.82, 2.24) is 9.55 Å². The Labute approximate surface area is 190 Å². The number of aryl methyl sites for hydroxylation is 1. The minimum absolute atomic E-state index is 0.111. The van der Waals surface area contributed by atoms with Crippen molar-refractivity contribution in [1.29, 1.82) is 0 Å². The van der Waals surface area contributed by atoms with E-state index in [-0.39, 0.29) is 24.2 Å². The van der Waals surface area contributed by atoms with Crippen LogP contribution in [-0.4, -0.2) is 42.0 Å². The third-order valence-corrected chi connectivity index (χ3v) is 11.5. The van der Waals surface area contributed by atoms with Gasteiger partial charge < -0.3 is 18.6 Å². The van der Waals surface area contributed by atoms with Gasteiger partial charge in [0, 0.05) is 23.5 Å². The number of hydrogen-bond donors (Lipinski definition) is 2. The lowest BCUT2D eigenvalue weighted by atomic mass is 9.91. The Morgan fingerprint density at radius 1 is 1.31 bits per heavy atom. The van der Waals surface area contributed by atoms with Crippen LogP contribution in [0.15, 0.2) is 27.7 Å². The standard InChI is InChI=1S/C21H37N2O7PSi/c1-8-28-31(26,29-9-2)11-10-17-12-16(13-21(4,5)32(6,7)27)19(30-17)23-14-15(3)18(24)22-20(23)25/h10-11,14,16-17,19,27H,8-9,12-13H2,1-7H3,(H,22,24,25)/b11-10+/t16-,17-,19-/m1/s1. The Morgan fingerprint density at radius 2 is 1.91 bits per heavy atom. The van der Waals surface area contributed by atoms with Crippen LogP contribution < -0.4 is 11.2 Å². The molecule has 0 aromatic carbocycles. The van der Waals surface area contributed by atoms with Crippen molar-refractivity contribution in [2.45, 2.75) is 77.9 Å².